The molecule has 4 aromatic rings. The van der Waals surface area contributed by atoms with Crippen molar-refractivity contribution in [3.63, 3.8) is 0 Å². The molecule has 0 aliphatic carbocycles. The van der Waals surface area contributed by atoms with E-state index in [1.807, 2.05) is 12.3 Å². The van der Waals surface area contributed by atoms with Gasteiger partial charge in [-0.05, 0) is 30.5 Å². The average molecular weight is 465 g/mol. The van der Waals surface area contributed by atoms with Gasteiger partial charge in [-0.25, -0.2) is 18.3 Å². The predicted octanol–water partition coefficient (Wildman–Crippen LogP) is 3.84. The van der Waals surface area contributed by atoms with Crippen LogP contribution < -0.4 is 15.4 Å². The number of nitrogens with two attached hydrogens (primary N) is 1. The molecule has 1 aromatic carbocycles. The smallest absolute Gasteiger partial charge is 0.139 e. The van der Waals surface area contributed by atoms with Crippen molar-refractivity contribution in [2.45, 2.75) is 25.8 Å². The summed E-state index contributed by atoms with van der Waals surface area (Å²) in [5.41, 5.74) is 9.03. The molecule has 1 aliphatic heterocycles. The summed E-state index contributed by atoms with van der Waals surface area (Å²) in [6, 6.07) is 7.74. The summed E-state index contributed by atoms with van der Waals surface area (Å²) in [6.45, 7) is 3.91. The van der Waals surface area contributed by atoms with E-state index in [-0.39, 0.29) is 23.0 Å². The molecule has 0 unspecified atom stereocenters. The normalized spacial score (nSPS) is 18.4. The number of methoxy groups -OCH3 is 1. The Morgan fingerprint density at radius 3 is 2.65 bits per heavy atom. The van der Waals surface area contributed by atoms with Gasteiger partial charge in [0.1, 0.15) is 23.2 Å². The summed E-state index contributed by atoms with van der Waals surface area (Å²) in [5.74, 6) is -0.227. The molecule has 2 N–H and O–H groups in total. The molecule has 0 spiro atoms. The molecule has 1 fully saturated rings. The predicted molar refractivity (Wildman–Crippen MR) is 126 cm³/mol. The molecule has 1 saturated heterocycles. The number of rotatable bonds is 5. The Balaban J connectivity index is 1.51. The summed E-state index contributed by atoms with van der Waals surface area (Å²) in [5, 5.41) is 4.52. The van der Waals surface area contributed by atoms with Gasteiger partial charge in [-0.1, -0.05) is 6.92 Å². The van der Waals surface area contributed by atoms with Crippen molar-refractivity contribution in [3.8, 4) is 17.0 Å². The van der Waals surface area contributed by atoms with Gasteiger partial charge in [-0.3, -0.25) is 4.98 Å². The number of benzene rings is 1. The third-order valence-electron chi connectivity index (χ3n) is 6.22. The second-order valence-electron chi connectivity index (χ2n) is 8.88. The maximum Gasteiger partial charge on any atom is 0.139 e. The monoisotopic (exact) mass is 464 g/mol. The van der Waals surface area contributed by atoms with Crippen LogP contribution in [-0.4, -0.2) is 45.8 Å². The first-order valence-corrected chi connectivity index (χ1v) is 11.2. The summed E-state index contributed by atoms with van der Waals surface area (Å²) < 4.78 is 35.9. The van der Waals surface area contributed by atoms with Gasteiger partial charge < -0.3 is 15.4 Å². The van der Waals surface area contributed by atoms with Crippen LogP contribution in [0.25, 0.3) is 16.8 Å². The minimum Gasteiger partial charge on any atom is -0.497 e. The molecule has 176 valence electrons. The van der Waals surface area contributed by atoms with Gasteiger partial charge in [0.05, 0.1) is 30.1 Å². The van der Waals surface area contributed by atoms with E-state index in [4.69, 9.17) is 10.5 Å². The van der Waals surface area contributed by atoms with Crippen molar-refractivity contribution in [2.24, 2.45) is 11.7 Å². The molecule has 9 heteroatoms. The Morgan fingerprint density at radius 1 is 1.12 bits per heavy atom. The molecule has 7 nitrogen and oxygen atoms in total. The van der Waals surface area contributed by atoms with Crippen LogP contribution in [0.2, 0.25) is 0 Å². The number of hydrogen-bond acceptors (Lipinski definition) is 6. The zero-order chi connectivity index (χ0) is 23.8. The lowest BCUT2D eigenvalue weighted by atomic mass is 9.95. The number of fused-ring (bicyclic) bond motifs is 1. The number of ether oxygens (including phenoxy) is 1. The molecule has 5 rings (SSSR count). The highest BCUT2D eigenvalue weighted by Crippen LogP contribution is 2.30. The van der Waals surface area contributed by atoms with Crippen molar-refractivity contribution in [3.05, 3.63) is 71.9 Å². The zero-order valence-corrected chi connectivity index (χ0v) is 19.1. The van der Waals surface area contributed by atoms with Crippen molar-refractivity contribution in [1.29, 1.82) is 0 Å². The summed E-state index contributed by atoms with van der Waals surface area (Å²) in [7, 11) is 1.36. The van der Waals surface area contributed by atoms with Gasteiger partial charge in [-0.15, -0.1) is 0 Å². The molecule has 0 radical (unpaired) electrons. The van der Waals surface area contributed by atoms with Gasteiger partial charge in [-0.2, -0.15) is 5.10 Å². The second-order valence-corrected chi connectivity index (χ2v) is 8.88. The van der Waals surface area contributed by atoms with Crippen molar-refractivity contribution >= 4 is 11.2 Å². The fourth-order valence-electron chi connectivity index (χ4n) is 4.73. The summed E-state index contributed by atoms with van der Waals surface area (Å²) in [6.07, 6.45) is 6.77. The Hall–Kier alpha value is -3.59. The Morgan fingerprint density at radius 2 is 1.91 bits per heavy atom. The van der Waals surface area contributed by atoms with E-state index in [0.717, 1.165) is 48.4 Å². The van der Waals surface area contributed by atoms with E-state index in [1.165, 1.54) is 7.11 Å². The highest BCUT2D eigenvalue weighted by atomic mass is 19.1. The maximum absolute atomic E-state index is 14.7. The van der Waals surface area contributed by atoms with Gasteiger partial charge in [0, 0.05) is 61.3 Å². The van der Waals surface area contributed by atoms with Crippen LogP contribution in [0.4, 0.5) is 14.5 Å². The van der Waals surface area contributed by atoms with E-state index in [2.05, 4.69) is 26.9 Å². The summed E-state index contributed by atoms with van der Waals surface area (Å²) >= 11 is 0. The average Bonchev–Trinajstić information content (AvgIpc) is 3.20. The van der Waals surface area contributed by atoms with Crippen molar-refractivity contribution in [2.75, 3.05) is 25.1 Å². The van der Waals surface area contributed by atoms with Crippen LogP contribution >= 0.6 is 0 Å². The first-order chi connectivity index (χ1) is 16.4. The second kappa shape index (κ2) is 8.98. The number of piperidine rings is 1. The molecule has 4 heterocycles. The number of nitrogens with zero attached hydrogens (tertiary/aromatic N) is 5. The first kappa shape index (κ1) is 22.2. The number of anilines is 1. The molecule has 34 heavy (non-hydrogen) atoms. The lowest BCUT2D eigenvalue weighted by Gasteiger charge is -2.37. The van der Waals surface area contributed by atoms with E-state index >= 15 is 0 Å². The van der Waals surface area contributed by atoms with Crippen LogP contribution in [0.15, 0.2) is 48.9 Å². The molecule has 3 aromatic heterocycles. The van der Waals surface area contributed by atoms with Gasteiger partial charge in [0.15, 0.2) is 0 Å². The number of imidazole rings is 1. The lowest BCUT2D eigenvalue weighted by Crippen LogP contribution is -2.46. The number of hydrogen-bond donors (Lipinski definition) is 1. The minimum absolute atomic E-state index is 0.110. The van der Waals surface area contributed by atoms with Gasteiger partial charge >= 0.3 is 0 Å². The van der Waals surface area contributed by atoms with E-state index < -0.39 is 11.6 Å². The van der Waals surface area contributed by atoms with Gasteiger partial charge in [0.2, 0.25) is 0 Å². The Bertz CT molecular complexity index is 1310. The largest absolute Gasteiger partial charge is 0.497 e. The molecule has 1 aliphatic rings. The topological polar surface area (TPSA) is 81.6 Å². The first-order valence-electron chi connectivity index (χ1n) is 11.2. The fraction of sp³-hybridized carbons (Fsp3) is 0.320. The molecule has 0 amide bonds. The third kappa shape index (κ3) is 4.19. The Kier molecular flexibility index (Phi) is 5.87. The van der Waals surface area contributed by atoms with Crippen LogP contribution in [0, 0.1) is 17.6 Å². The number of halogens is 2. The third-order valence-corrected chi connectivity index (χ3v) is 6.22. The van der Waals surface area contributed by atoms with E-state index in [0.29, 0.717) is 18.2 Å². The van der Waals surface area contributed by atoms with E-state index in [9.17, 15) is 8.78 Å². The van der Waals surface area contributed by atoms with Crippen molar-refractivity contribution < 1.29 is 13.5 Å². The highest BCUT2D eigenvalue weighted by Gasteiger charge is 2.24. The van der Waals surface area contributed by atoms with E-state index in [1.54, 1.807) is 29.0 Å². The van der Waals surface area contributed by atoms with Gasteiger partial charge in [0.25, 0.3) is 0 Å². The molecular weight excluding hydrogens is 438 g/mol. The van der Waals surface area contributed by atoms with Crippen LogP contribution in [0.5, 0.6) is 5.75 Å². The lowest BCUT2D eigenvalue weighted by molar-refractivity contribution is 0.401. The molecule has 0 saturated carbocycles. The number of pyridine rings is 1. The zero-order valence-electron chi connectivity index (χ0n) is 19.1. The summed E-state index contributed by atoms with van der Waals surface area (Å²) in [4.78, 5) is 11.2. The highest BCUT2D eigenvalue weighted by molar-refractivity contribution is 5.64. The quantitative estimate of drug-likeness (QED) is 0.483. The van der Waals surface area contributed by atoms with Crippen LogP contribution in [-0.2, 0) is 6.42 Å². The minimum atomic E-state index is -0.740. The number of aromatic nitrogens is 4. The fourth-order valence-corrected chi connectivity index (χ4v) is 4.73. The molecule has 0 bridgehead atoms. The molecular formula is C25H26F2N6O. The maximum atomic E-state index is 14.7. The van der Waals surface area contributed by atoms with Crippen LogP contribution in [0.1, 0.15) is 24.7 Å². The SMILES string of the molecule is COc1cc(F)c(-c2ccc3cnc(Cc4cnccc4N4C[C@H](C)C[C@H](N)C4)n3n2)c(F)c1. The Labute approximate surface area is 196 Å². The van der Waals surface area contributed by atoms with Crippen molar-refractivity contribution in [1.82, 2.24) is 19.6 Å². The molecule has 2 atom stereocenters. The van der Waals surface area contributed by atoms with Crippen LogP contribution in [0.3, 0.4) is 0 Å². The standard InChI is InChI=1S/C25H26F2N6O/c1-15-7-17(28)14-32(13-15)23-5-6-29-11-16(23)8-24-30-12-18-3-4-22(31-33(18)24)25-20(26)9-19(34-2)10-21(25)27/h3-6,9-12,15,17H,7-8,13-14,28H2,1-2H3/t15-,17+/m1/s1.